The van der Waals surface area contributed by atoms with Crippen molar-refractivity contribution in [1.82, 2.24) is 9.55 Å². The maximum atomic E-state index is 13.3. The lowest BCUT2D eigenvalue weighted by molar-refractivity contribution is -0.112. The number of ether oxygens (including phenoxy) is 1. The molecule has 0 aliphatic heterocycles. The third-order valence-corrected chi connectivity index (χ3v) is 6.01. The summed E-state index contributed by atoms with van der Waals surface area (Å²) in [6.07, 6.45) is 1.47. The number of carbonyl (C=O) groups excluding carboxylic acids is 2. The molecule has 2 aromatic carbocycles. The molecular formula is C24H20Cl2N4O3. The number of aromatic nitrogens is 2. The number of hydrogen-bond acceptors (Lipinski definition) is 5. The van der Waals surface area contributed by atoms with Crippen LogP contribution >= 0.6 is 23.2 Å². The number of methoxy groups -OCH3 is 1. The Bertz CT molecular complexity index is 1380. The Hall–Kier alpha value is -3.55. The van der Waals surface area contributed by atoms with Crippen LogP contribution in [-0.2, 0) is 11.3 Å². The third kappa shape index (κ3) is 4.37. The number of anilines is 2. The molecule has 3 N–H and O–H groups in total. The first-order valence-electron chi connectivity index (χ1n) is 9.97. The van der Waals surface area contributed by atoms with Crippen LogP contribution in [0.1, 0.15) is 21.6 Å². The average molecular weight is 483 g/mol. The minimum absolute atomic E-state index is 0.204. The van der Waals surface area contributed by atoms with Crippen LogP contribution in [0.5, 0.6) is 5.88 Å². The van der Waals surface area contributed by atoms with Gasteiger partial charge < -0.3 is 20.4 Å². The summed E-state index contributed by atoms with van der Waals surface area (Å²) >= 11 is 12.5. The van der Waals surface area contributed by atoms with Crippen LogP contribution in [0, 0.1) is 6.92 Å². The van der Waals surface area contributed by atoms with Crippen LogP contribution in [0.25, 0.3) is 10.9 Å². The fourth-order valence-corrected chi connectivity index (χ4v) is 4.08. The van der Waals surface area contributed by atoms with Crippen LogP contribution in [-0.4, -0.2) is 28.4 Å². The smallest absolute Gasteiger partial charge is 0.296 e. The number of hydrogen-bond donors (Lipinski definition) is 2. The van der Waals surface area contributed by atoms with Gasteiger partial charge >= 0.3 is 0 Å². The average Bonchev–Trinajstić information content (AvgIpc) is 3.09. The van der Waals surface area contributed by atoms with Crippen molar-refractivity contribution >= 4 is 57.2 Å². The molecule has 0 saturated heterocycles. The van der Waals surface area contributed by atoms with E-state index in [1.807, 2.05) is 16.7 Å². The number of carbonyl (C=O) groups is 2. The van der Waals surface area contributed by atoms with E-state index in [0.717, 1.165) is 5.56 Å². The number of pyridine rings is 1. The summed E-state index contributed by atoms with van der Waals surface area (Å²) in [5.74, 6) is -1.22. The van der Waals surface area contributed by atoms with Crippen LogP contribution < -0.4 is 15.8 Å². The molecule has 1 amide bonds. The molecule has 168 valence electrons. The maximum absolute atomic E-state index is 13.3. The lowest BCUT2D eigenvalue weighted by atomic mass is 10.1. The summed E-state index contributed by atoms with van der Waals surface area (Å²) in [6, 6.07) is 14.0. The topological polar surface area (TPSA) is 99.2 Å². The molecule has 0 bridgehead atoms. The quantitative estimate of drug-likeness (QED) is 0.226. The molecule has 0 spiro atoms. The van der Waals surface area contributed by atoms with E-state index in [4.69, 9.17) is 33.7 Å². The number of Topliss-reactive ketones (excluding diaryl/α,β-unsaturated/α-hetero) is 1. The Labute approximate surface area is 200 Å². The molecule has 2 heterocycles. The monoisotopic (exact) mass is 482 g/mol. The predicted octanol–water partition coefficient (Wildman–Crippen LogP) is 5.11. The van der Waals surface area contributed by atoms with Crippen LogP contribution in [0.15, 0.2) is 54.7 Å². The molecule has 33 heavy (non-hydrogen) atoms. The molecule has 9 heteroatoms. The Kier molecular flexibility index (Phi) is 6.26. The molecule has 0 saturated carbocycles. The molecule has 0 unspecified atom stereocenters. The van der Waals surface area contributed by atoms with E-state index < -0.39 is 11.7 Å². The number of amides is 1. The number of nitrogens with two attached hydrogens (primary N) is 1. The number of fused-ring (bicyclic) bond motifs is 1. The number of ketones is 1. The fraction of sp³-hybridized carbons (Fsp3) is 0.125. The van der Waals surface area contributed by atoms with Crippen molar-refractivity contribution in [2.75, 3.05) is 18.2 Å². The van der Waals surface area contributed by atoms with Gasteiger partial charge in [0.05, 0.1) is 28.9 Å². The third-order valence-electron chi connectivity index (χ3n) is 5.35. The largest absolute Gasteiger partial charge is 0.481 e. The highest BCUT2D eigenvalue weighted by molar-refractivity contribution is 6.50. The van der Waals surface area contributed by atoms with Gasteiger partial charge in [0, 0.05) is 40.6 Å². The fourth-order valence-electron chi connectivity index (χ4n) is 3.70. The van der Waals surface area contributed by atoms with E-state index >= 15 is 0 Å². The van der Waals surface area contributed by atoms with Crippen molar-refractivity contribution in [3.05, 3.63) is 81.6 Å². The molecule has 2 aromatic heterocycles. The molecule has 0 radical (unpaired) electrons. The Morgan fingerprint density at radius 3 is 2.55 bits per heavy atom. The van der Waals surface area contributed by atoms with Crippen LogP contribution in [0.3, 0.4) is 0 Å². The molecule has 7 nitrogen and oxygen atoms in total. The first-order valence-corrected chi connectivity index (χ1v) is 10.7. The highest BCUT2D eigenvalue weighted by Crippen LogP contribution is 2.36. The zero-order chi connectivity index (χ0) is 23.7. The summed E-state index contributed by atoms with van der Waals surface area (Å²) in [4.78, 5) is 30.2. The van der Waals surface area contributed by atoms with Gasteiger partial charge in [-0.2, -0.15) is 0 Å². The predicted molar refractivity (Wildman–Crippen MR) is 130 cm³/mol. The number of halogens is 2. The minimum Gasteiger partial charge on any atom is -0.481 e. The molecule has 4 rings (SSSR count). The van der Waals surface area contributed by atoms with Gasteiger partial charge in [0.2, 0.25) is 5.88 Å². The second-order valence-corrected chi connectivity index (χ2v) is 8.22. The molecule has 0 atom stereocenters. The number of nitrogens with one attached hydrogen (secondary N) is 1. The van der Waals surface area contributed by atoms with Gasteiger partial charge in [0.25, 0.3) is 11.7 Å². The number of benzene rings is 2. The zero-order valence-corrected chi connectivity index (χ0v) is 19.4. The Balaban J connectivity index is 1.78. The van der Waals surface area contributed by atoms with Crippen LogP contribution in [0.2, 0.25) is 10.0 Å². The lowest BCUT2D eigenvalue weighted by Gasteiger charge is -2.09. The molecule has 0 aliphatic carbocycles. The zero-order valence-electron chi connectivity index (χ0n) is 17.9. The lowest BCUT2D eigenvalue weighted by Crippen LogP contribution is -2.23. The van der Waals surface area contributed by atoms with E-state index in [9.17, 15) is 9.59 Å². The summed E-state index contributed by atoms with van der Waals surface area (Å²) in [7, 11) is 1.46. The van der Waals surface area contributed by atoms with Gasteiger partial charge in [-0.1, -0.05) is 35.3 Å². The van der Waals surface area contributed by atoms with Crippen molar-refractivity contribution in [3.63, 3.8) is 0 Å². The first kappa shape index (κ1) is 22.6. The minimum atomic E-state index is -0.810. The van der Waals surface area contributed by atoms with Crippen molar-refractivity contribution in [2.24, 2.45) is 0 Å². The highest BCUT2D eigenvalue weighted by atomic mass is 35.5. The number of rotatable bonds is 6. The Morgan fingerprint density at radius 1 is 1.12 bits per heavy atom. The highest BCUT2D eigenvalue weighted by Gasteiger charge is 2.27. The van der Waals surface area contributed by atoms with E-state index in [1.165, 1.54) is 19.4 Å². The molecular weight excluding hydrogens is 463 g/mol. The van der Waals surface area contributed by atoms with Gasteiger partial charge in [-0.25, -0.2) is 4.98 Å². The van der Waals surface area contributed by atoms with Crippen LogP contribution in [0.4, 0.5) is 11.4 Å². The van der Waals surface area contributed by atoms with Crippen molar-refractivity contribution < 1.29 is 14.3 Å². The van der Waals surface area contributed by atoms with Gasteiger partial charge in [0.15, 0.2) is 0 Å². The normalized spacial score (nSPS) is 10.9. The number of nitrogen functional groups attached to an aromatic ring is 1. The van der Waals surface area contributed by atoms with Crippen molar-refractivity contribution in [3.8, 4) is 5.88 Å². The molecule has 0 fully saturated rings. The SMILES string of the molecule is COc1cc(NC(=O)C(=O)c2c(C)n(Cc3ccc(Cl)cc3)c3ccc(N)c(Cl)c23)ccn1. The van der Waals surface area contributed by atoms with Crippen molar-refractivity contribution in [2.45, 2.75) is 13.5 Å². The van der Waals surface area contributed by atoms with Gasteiger partial charge in [-0.15, -0.1) is 0 Å². The molecule has 4 aromatic rings. The number of nitrogens with zero attached hydrogens (tertiary/aromatic N) is 2. The van der Waals surface area contributed by atoms with E-state index in [2.05, 4.69) is 10.3 Å². The van der Waals surface area contributed by atoms with E-state index in [-0.39, 0.29) is 10.6 Å². The summed E-state index contributed by atoms with van der Waals surface area (Å²) in [5, 5.41) is 3.90. The van der Waals surface area contributed by atoms with Gasteiger partial charge in [-0.05, 0) is 42.8 Å². The second-order valence-electron chi connectivity index (χ2n) is 7.41. The Morgan fingerprint density at radius 2 is 1.85 bits per heavy atom. The first-order chi connectivity index (χ1) is 15.8. The van der Waals surface area contributed by atoms with Gasteiger partial charge in [-0.3, -0.25) is 9.59 Å². The summed E-state index contributed by atoms with van der Waals surface area (Å²) < 4.78 is 6.99. The maximum Gasteiger partial charge on any atom is 0.296 e. The standard InChI is InChI=1S/C24H20Cl2N4O3/c1-13-20(23(31)24(32)29-16-9-10-28-19(11-16)33-2)21-18(8-7-17(27)22(21)26)30(13)12-14-3-5-15(25)6-4-14/h3-11H,12,27H2,1-2H3,(H,28,29,32). The molecule has 0 aliphatic rings. The van der Waals surface area contributed by atoms with E-state index in [0.29, 0.717) is 45.4 Å². The second kappa shape index (κ2) is 9.13. The summed E-state index contributed by atoms with van der Waals surface area (Å²) in [6.45, 7) is 2.23. The van der Waals surface area contributed by atoms with E-state index in [1.54, 1.807) is 37.3 Å². The summed E-state index contributed by atoms with van der Waals surface area (Å²) in [5.41, 5.74) is 9.20. The van der Waals surface area contributed by atoms with Crippen molar-refractivity contribution in [1.29, 1.82) is 0 Å². The van der Waals surface area contributed by atoms with Gasteiger partial charge in [0.1, 0.15) is 0 Å².